The summed E-state index contributed by atoms with van der Waals surface area (Å²) in [6.45, 7) is 0. The maximum Gasteiger partial charge on any atom is 0.310 e. The van der Waals surface area contributed by atoms with Crippen LogP contribution in [0.15, 0.2) is 18.2 Å². The van der Waals surface area contributed by atoms with Crippen LogP contribution in [0.1, 0.15) is 28.9 Å². The van der Waals surface area contributed by atoms with Gasteiger partial charge in [0.05, 0.1) is 19.2 Å². The summed E-state index contributed by atoms with van der Waals surface area (Å²) in [6, 6.07) is 5.35. The minimum atomic E-state index is -0.356. The van der Waals surface area contributed by atoms with E-state index in [1.54, 1.807) is 12.1 Å². The number of esters is 1. The molecule has 1 fully saturated rings. The number of rotatable bonds is 4. The van der Waals surface area contributed by atoms with Crippen LogP contribution in [0.2, 0.25) is 5.02 Å². The van der Waals surface area contributed by atoms with Crippen molar-refractivity contribution in [1.82, 2.24) is 4.98 Å². The van der Waals surface area contributed by atoms with Gasteiger partial charge in [0, 0.05) is 21.8 Å². The third kappa shape index (κ3) is 2.31. The monoisotopic (exact) mass is 291 g/mol. The topological polar surface area (TPSA) is 59.2 Å². The van der Waals surface area contributed by atoms with Crippen LogP contribution in [0.4, 0.5) is 0 Å². The SMILES string of the molecule is COC(=O)Cc1c(C(=O)C2CC2)[nH]c2cc(Cl)ccc12. The lowest BCUT2D eigenvalue weighted by atomic mass is 10.0. The van der Waals surface area contributed by atoms with E-state index in [0.717, 1.165) is 23.7 Å². The summed E-state index contributed by atoms with van der Waals surface area (Å²) in [7, 11) is 1.34. The molecule has 104 valence electrons. The molecule has 1 aliphatic carbocycles. The molecule has 1 heterocycles. The number of benzene rings is 1. The Kier molecular flexibility index (Phi) is 3.26. The van der Waals surface area contributed by atoms with Gasteiger partial charge in [-0.2, -0.15) is 0 Å². The highest BCUT2D eigenvalue weighted by molar-refractivity contribution is 6.31. The Morgan fingerprint density at radius 3 is 2.80 bits per heavy atom. The zero-order chi connectivity index (χ0) is 14.3. The average molecular weight is 292 g/mol. The molecule has 0 amide bonds. The van der Waals surface area contributed by atoms with Gasteiger partial charge in [-0.15, -0.1) is 0 Å². The Hall–Kier alpha value is -1.81. The molecule has 0 bridgehead atoms. The van der Waals surface area contributed by atoms with E-state index in [2.05, 4.69) is 4.98 Å². The van der Waals surface area contributed by atoms with Crippen LogP contribution < -0.4 is 0 Å². The molecule has 3 rings (SSSR count). The summed E-state index contributed by atoms with van der Waals surface area (Å²) >= 11 is 5.97. The maximum atomic E-state index is 12.3. The largest absolute Gasteiger partial charge is 0.469 e. The number of nitrogens with one attached hydrogen (secondary N) is 1. The standard InChI is InChI=1S/C15H14ClNO3/c1-20-13(18)7-11-10-5-4-9(16)6-12(10)17-14(11)15(19)8-2-3-8/h4-6,8,17H,2-3,7H2,1H3. The van der Waals surface area contributed by atoms with E-state index in [9.17, 15) is 9.59 Å². The second-order valence-electron chi connectivity index (χ2n) is 5.06. The number of hydrogen-bond donors (Lipinski definition) is 1. The predicted octanol–water partition coefficient (Wildman–Crippen LogP) is 3.13. The van der Waals surface area contributed by atoms with Crippen molar-refractivity contribution < 1.29 is 14.3 Å². The molecule has 1 aromatic carbocycles. The number of fused-ring (bicyclic) bond motifs is 1. The molecule has 1 aromatic heterocycles. The number of aromatic nitrogens is 1. The summed E-state index contributed by atoms with van der Waals surface area (Å²) in [5.74, 6) is -0.183. The van der Waals surface area contributed by atoms with E-state index in [-0.39, 0.29) is 24.1 Å². The summed E-state index contributed by atoms with van der Waals surface area (Å²) in [4.78, 5) is 27.0. The van der Waals surface area contributed by atoms with Crippen molar-refractivity contribution in [3.05, 3.63) is 34.5 Å². The van der Waals surface area contributed by atoms with Gasteiger partial charge in [-0.25, -0.2) is 0 Å². The van der Waals surface area contributed by atoms with Gasteiger partial charge >= 0.3 is 5.97 Å². The van der Waals surface area contributed by atoms with Crippen LogP contribution in [0.25, 0.3) is 10.9 Å². The first-order valence-electron chi connectivity index (χ1n) is 6.51. The summed E-state index contributed by atoms with van der Waals surface area (Å²) in [5, 5.41) is 1.44. The van der Waals surface area contributed by atoms with E-state index >= 15 is 0 Å². The van der Waals surface area contributed by atoms with Gasteiger partial charge in [0.1, 0.15) is 0 Å². The average Bonchev–Trinajstić information content (AvgIpc) is 3.22. The van der Waals surface area contributed by atoms with Crippen molar-refractivity contribution in [2.45, 2.75) is 19.3 Å². The second kappa shape index (κ2) is 4.94. The highest BCUT2D eigenvalue weighted by Gasteiger charge is 2.33. The third-order valence-corrected chi connectivity index (χ3v) is 3.85. The molecule has 1 aliphatic rings. The first-order valence-corrected chi connectivity index (χ1v) is 6.89. The summed E-state index contributed by atoms with van der Waals surface area (Å²) in [6.07, 6.45) is 1.94. The molecule has 4 nitrogen and oxygen atoms in total. The zero-order valence-electron chi connectivity index (χ0n) is 11.0. The fourth-order valence-electron chi connectivity index (χ4n) is 2.39. The number of aromatic amines is 1. The minimum absolute atomic E-state index is 0.0798. The fourth-order valence-corrected chi connectivity index (χ4v) is 2.56. The molecule has 0 aliphatic heterocycles. The molecule has 5 heteroatoms. The van der Waals surface area contributed by atoms with E-state index in [4.69, 9.17) is 16.3 Å². The third-order valence-electron chi connectivity index (χ3n) is 3.61. The van der Waals surface area contributed by atoms with Crippen LogP contribution in [0.5, 0.6) is 0 Å². The number of carbonyl (C=O) groups excluding carboxylic acids is 2. The Labute approximate surface area is 121 Å². The van der Waals surface area contributed by atoms with E-state index in [1.807, 2.05) is 6.07 Å². The molecule has 0 atom stereocenters. The first kappa shape index (κ1) is 13.2. The lowest BCUT2D eigenvalue weighted by Crippen LogP contribution is -2.10. The molecular formula is C15H14ClNO3. The smallest absolute Gasteiger partial charge is 0.310 e. The number of Topliss-reactive ketones (excluding diaryl/α,β-unsaturated/α-hetero) is 1. The number of halogens is 1. The number of H-pyrrole nitrogens is 1. The Bertz CT molecular complexity index is 700. The van der Waals surface area contributed by atoms with Crippen molar-refractivity contribution in [3.63, 3.8) is 0 Å². The lowest BCUT2D eigenvalue weighted by Gasteiger charge is -2.02. The van der Waals surface area contributed by atoms with Crippen molar-refractivity contribution >= 4 is 34.3 Å². The highest BCUT2D eigenvalue weighted by atomic mass is 35.5. The Balaban J connectivity index is 2.12. The van der Waals surface area contributed by atoms with Gasteiger partial charge in [-0.05, 0) is 30.5 Å². The Morgan fingerprint density at radius 2 is 2.15 bits per heavy atom. The van der Waals surface area contributed by atoms with Gasteiger partial charge in [0.2, 0.25) is 0 Å². The van der Waals surface area contributed by atoms with Crippen molar-refractivity contribution in [1.29, 1.82) is 0 Å². The molecular weight excluding hydrogens is 278 g/mol. The molecule has 1 saturated carbocycles. The zero-order valence-corrected chi connectivity index (χ0v) is 11.8. The summed E-state index contributed by atoms with van der Waals surface area (Å²) in [5.41, 5.74) is 2.01. The predicted molar refractivity (Wildman–Crippen MR) is 76.1 cm³/mol. The van der Waals surface area contributed by atoms with Crippen molar-refractivity contribution in [2.75, 3.05) is 7.11 Å². The van der Waals surface area contributed by atoms with Crippen LogP contribution in [-0.2, 0) is 16.0 Å². The van der Waals surface area contributed by atoms with Gasteiger partial charge in [0.15, 0.2) is 5.78 Å². The number of methoxy groups -OCH3 is 1. The first-order chi connectivity index (χ1) is 9.60. The number of ether oxygens (including phenoxy) is 1. The molecule has 0 unspecified atom stereocenters. The quantitative estimate of drug-likeness (QED) is 0.695. The molecule has 0 spiro atoms. The maximum absolute atomic E-state index is 12.3. The van der Waals surface area contributed by atoms with Gasteiger partial charge in [0.25, 0.3) is 0 Å². The molecule has 0 radical (unpaired) electrons. The number of hydrogen-bond acceptors (Lipinski definition) is 3. The van der Waals surface area contributed by atoms with Crippen LogP contribution >= 0.6 is 11.6 Å². The van der Waals surface area contributed by atoms with Gasteiger partial charge in [-0.1, -0.05) is 17.7 Å². The fraction of sp³-hybridized carbons (Fsp3) is 0.333. The minimum Gasteiger partial charge on any atom is -0.469 e. The highest BCUT2D eigenvalue weighted by Crippen LogP contribution is 2.35. The summed E-state index contributed by atoms with van der Waals surface area (Å²) < 4.78 is 4.72. The molecule has 20 heavy (non-hydrogen) atoms. The molecule has 0 saturated heterocycles. The van der Waals surface area contributed by atoms with Crippen molar-refractivity contribution in [2.24, 2.45) is 5.92 Å². The molecule has 1 N–H and O–H groups in total. The van der Waals surface area contributed by atoms with Crippen LogP contribution in [0.3, 0.4) is 0 Å². The second-order valence-corrected chi connectivity index (χ2v) is 5.50. The van der Waals surface area contributed by atoms with Crippen LogP contribution in [-0.4, -0.2) is 23.8 Å². The molecule has 2 aromatic rings. The van der Waals surface area contributed by atoms with Gasteiger partial charge < -0.3 is 9.72 Å². The Morgan fingerprint density at radius 1 is 1.40 bits per heavy atom. The van der Waals surface area contributed by atoms with Crippen LogP contribution in [0, 0.1) is 5.92 Å². The lowest BCUT2D eigenvalue weighted by molar-refractivity contribution is -0.139. The number of ketones is 1. The van der Waals surface area contributed by atoms with Crippen molar-refractivity contribution in [3.8, 4) is 0 Å². The normalized spacial score (nSPS) is 14.5. The van der Waals surface area contributed by atoms with E-state index < -0.39 is 0 Å². The van der Waals surface area contributed by atoms with Gasteiger partial charge in [-0.3, -0.25) is 9.59 Å². The van der Waals surface area contributed by atoms with E-state index in [1.165, 1.54) is 7.11 Å². The number of carbonyl (C=O) groups is 2. The van der Waals surface area contributed by atoms with E-state index in [0.29, 0.717) is 16.3 Å².